The van der Waals surface area contributed by atoms with Gasteiger partial charge >= 0.3 is 0 Å². The van der Waals surface area contributed by atoms with Crippen LogP contribution in [0.5, 0.6) is 5.75 Å². The number of benzene rings is 1. The molecule has 0 radical (unpaired) electrons. The smallest absolute Gasteiger partial charge is 0.130 e. The average Bonchev–Trinajstić information content (AvgIpc) is 2.47. The fourth-order valence-electron chi connectivity index (χ4n) is 2.10. The quantitative estimate of drug-likeness (QED) is 0.850. The van der Waals surface area contributed by atoms with Crippen LogP contribution in [-0.4, -0.2) is 31.3 Å². The molecule has 0 atom stereocenters. The van der Waals surface area contributed by atoms with Crippen molar-refractivity contribution in [2.24, 2.45) is 0 Å². The molecular weight excluding hydrogens is 264 g/mol. The van der Waals surface area contributed by atoms with Crippen LogP contribution in [0.2, 0.25) is 0 Å². The van der Waals surface area contributed by atoms with E-state index in [9.17, 15) is 0 Å². The average molecular weight is 288 g/mol. The third-order valence-corrected chi connectivity index (χ3v) is 3.60. The highest BCUT2D eigenvalue weighted by Gasteiger charge is 2.16. The fourth-order valence-corrected chi connectivity index (χ4v) is 2.10. The number of hydrogen-bond donors (Lipinski definition) is 1. The number of ether oxygens (including phenoxy) is 2. The van der Waals surface area contributed by atoms with E-state index in [0.29, 0.717) is 6.61 Å². The van der Waals surface area contributed by atoms with Crippen molar-refractivity contribution in [3.05, 3.63) is 36.0 Å². The number of aromatic nitrogens is 1. The zero-order valence-corrected chi connectivity index (χ0v) is 13.3. The maximum atomic E-state index is 6.00. The minimum Gasteiger partial charge on any atom is -0.493 e. The second-order valence-electron chi connectivity index (χ2n) is 5.72. The van der Waals surface area contributed by atoms with E-state index in [4.69, 9.17) is 9.47 Å². The maximum Gasteiger partial charge on any atom is 0.130 e. The third kappa shape index (κ3) is 4.16. The molecular formula is C17H24N2O2. The normalized spacial score (nSPS) is 11.8. The van der Waals surface area contributed by atoms with Crippen LogP contribution in [0, 0.1) is 0 Å². The Morgan fingerprint density at radius 3 is 2.71 bits per heavy atom. The number of methoxy groups -OCH3 is 1. The molecule has 1 N–H and O–H groups in total. The molecule has 0 fully saturated rings. The summed E-state index contributed by atoms with van der Waals surface area (Å²) in [5, 5.41) is 4.18. The Morgan fingerprint density at radius 2 is 2.00 bits per heavy atom. The topological polar surface area (TPSA) is 43.4 Å². The van der Waals surface area contributed by atoms with Gasteiger partial charge in [0.2, 0.25) is 0 Å². The first-order valence-corrected chi connectivity index (χ1v) is 7.27. The van der Waals surface area contributed by atoms with Gasteiger partial charge in [0.1, 0.15) is 5.75 Å². The number of pyridine rings is 1. The highest BCUT2D eigenvalue weighted by atomic mass is 16.5. The molecule has 4 heteroatoms. The predicted octanol–water partition coefficient (Wildman–Crippen LogP) is 3.15. The Kier molecular flexibility index (Phi) is 5.15. The summed E-state index contributed by atoms with van der Waals surface area (Å²) in [6, 6.07) is 10.1. The molecule has 0 saturated heterocycles. The van der Waals surface area contributed by atoms with Gasteiger partial charge in [0.15, 0.2) is 0 Å². The van der Waals surface area contributed by atoms with Crippen LogP contribution in [0.25, 0.3) is 10.9 Å². The SMILES string of the molecule is CNCc1cc(OCCC(C)(C)OC)c2ccccc2n1. The summed E-state index contributed by atoms with van der Waals surface area (Å²) >= 11 is 0. The van der Waals surface area contributed by atoms with Gasteiger partial charge in [-0.05, 0) is 33.0 Å². The molecule has 2 aromatic rings. The Morgan fingerprint density at radius 1 is 1.24 bits per heavy atom. The van der Waals surface area contributed by atoms with Gasteiger partial charge in [-0.25, -0.2) is 0 Å². The molecule has 1 aromatic carbocycles. The van der Waals surface area contributed by atoms with E-state index < -0.39 is 0 Å². The summed E-state index contributed by atoms with van der Waals surface area (Å²) in [4.78, 5) is 4.63. The highest BCUT2D eigenvalue weighted by Crippen LogP contribution is 2.26. The van der Waals surface area contributed by atoms with Crippen molar-refractivity contribution >= 4 is 10.9 Å². The molecule has 0 aliphatic heterocycles. The number of nitrogens with zero attached hydrogens (tertiary/aromatic N) is 1. The first-order chi connectivity index (χ1) is 10.1. The first-order valence-electron chi connectivity index (χ1n) is 7.27. The van der Waals surface area contributed by atoms with Gasteiger partial charge in [-0.3, -0.25) is 4.98 Å². The first kappa shape index (κ1) is 15.7. The van der Waals surface area contributed by atoms with E-state index in [1.54, 1.807) is 7.11 Å². The summed E-state index contributed by atoms with van der Waals surface area (Å²) in [6.07, 6.45) is 0.835. The molecule has 0 saturated carbocycles. The number of nitrogens with one attached hydrogen (secondary N) is 1. The number of fused-ring (bicyclic) bond motifs is 1. The van der Waals surface area contributed by atoms with E-state index >= 15 is 0 Å². The van der Waals surface area contributed by atoms with Gasteiger partial charge in [0.05, 0.1) is 23.4 Å². The van der Waals surface area contributed by atoms with Crippen LogP contribution in [0.3, 0.4) is 0 Å². The van der Waals surface area contributed by atoms with Gasteiger partial charge in [0, 0.05) is 31.5 Å². The second-order valence-corrected chi connectivity index (χ2v) is 5.72. The van der Waals surface area contributed by atoms with Crippen molar-refractivity contribution in [2.75, 3.05) is 20.8 Å². The van der Waals surface area contributed by atoms with Crippen molar-refractivity contribution in [1.29, 1.82) is 0 Å². The molecule has 0 unspecified atom stereocenters. The van der Waals surface area contributed by atoms with E-state index in [2.05, 4.69) is 24.1 Å². The van der Waals surface area contributed by atoms with E-state index in [0.717, 1.165) is 35.3 Å². The molecule has 0 spiro atoms. The summed E-state index contributed by atoms with van der Waals surface area (Å²) in [7, 11) is 3.64. The minimum absolute atomic E-state index is 0.170. The van der Waals surface area contributed by atoms with Crippen molar-refractivity contribution < 1.29 is 9.47 Å². The molecule has 4 nitrogen and oxygen atoms in total. The molecule has 0 amide bonds. The van der Waals surface area contributed by atoms with Gasteiger partial charge in [-0.2, -0.15) is 0 Å². The Hall–Kier alpha value is -1.65. The van der Waals surface area contributed by atoms with Crippen LogP contribution in [0.4, 0.5) is 0 Å². The summed E-state index contributed by atoms with van der Waals surface area (Å²) in [6.45, 7) is 5.47. The van der Waals surface area contributed by atoms with Gasteiger partial charge in [0.25, 0.3) is 0 Å². The van der Waals surface area contributed by atoms with Crippen molar-refractivity contribution in [2.45, 2.75) is 32.4 Å². The number of para-hydroxylation sites is 1. The van der Waals surface area contributed by atoms with Crippen LogP contribution in [-0.2, 0) is 11.3 Å². The lowest BCUT2D eigenvalue weighted by Crippen LogP contribution is -2.25. The summed E-state index contributed by atoms with van der Waals surface area (Å²) in [5.41, 5.74) is 1.78. The molecule has 21 heavy (non-hydrogen) atoms. The van der Waals surface area contributed by atoms with Crippen molar-refractivity contribution in [1.82, 2.24) is 10.3 Å². The van der Waals surface area contributed by atoms with E-state index in [-0.39, 0.29) is 5.60 Å². The van der Waals surface area contributed by atoms with Crippen LogP contribution < -0.4 is 10.1 Å². The standard InChI is InChI=1S/C17H24N2O2/c1-17(2,20-4)9-10-21-16-11-13(12-18-3)19-15-8-6-5-7-14(15)16/h5-8,11,18H,9-10,12H2,1-4H3. The lowest BCUT2D eigenvalue weighted by atomic mass is 10.1. The van der Waals surface area contributed by atoms with Crippen molar-refractivity contribution in [3.8, 4) is 5.75 Å². The Bertz CT molecular complexity index is 596. The number of rotatable bonds is 7. The molecule has 1 heterocycles. The second kappa shape index (κ2) is 6.87. The molecule has 0 aliphatic carbocycles. The lowest BCUT2D eigenvalue weighted by molar-refractivity contribution is 0.00557. The summed E-state index contributed by atoms with van der Waals surface area (Å²) in [5.74, 6) is 0.887. The Labute approximate surface area is 126 Å². The fraction of sp³-hybridized carbons (Fsp3) is 0.471. The molecule has 0 aliphatic rings. The van der Waals surface area contributed by atoms with Crippen LogP contribution in [0.1, 0.15) is 26.0 Å². The molecule has 2 rings (SSSR count). The van der Waals surface area contributed by atoms with Crippen LogP contribution >= 0.6 is 0 Å². The zero-order valence-electron chi connectivity index (χ0n) is 13.3. The Balaban J connectivity index is 2.20. The largest absolute Gasteiger partial charge is 0.493 e. The number of hydrogen-bond acceptors (Lipinski definition) is 4. The lowest BCUT2D eigenvalue weighted by Gasteiger charge is -2.23. The van der Waals surface area contributed by atoms with Gasteiger partial charge in [-0.1, -0.05) is 12.1 Å². The maximum absolute atomic E-state index is 6.00. The van der Waals surface area contributed by atoms with Crippen LogP contribution in [0.15, 0.2) is 30.3 Å². The zero-order chi connectivity index (χ0) is 15.3. The van der Waals surface area contributed by atoms with Gasteiger partial charge < -0.3 is 14.8 Å². The van der Waals surface area contributed by atoms with E-state index in [1.807, 2.05) is 37.4 Å². The third-order valence-electron chi connectivity index (χ3n) is 3.60. The highest BCUT2D eigenvalue weighted by molar-refractivity contribution is 5.85. The van der Waals surface area contributed by atoms with E-state index in [1.165, 1.54) is 0 Å². The molecule has 114 valence electrons. The van der Waals surface area contributed by atoms with Crippen molar-refractivity contribution in [3.63, 3.8) is 0 Å². The minimum atomic E-state index is -0.170. The van der Waals surface area contributed by atoms with Gasteiger partial charge in [-0.15, -0.1) is 0 Å². The molecule has 1 aromatic heterocycles. The predicted molar refractivity (Wildman–Crippen MR) is 85.7 cm³/mol. The monoisotopic (exact) mass is 288 g/mol. The summed E-state index contributed by atoms with van der Waals surface area (Å²) < 4.78 is 11.4. The molecule has 0 bridgehead atoms.